The minimum atomic E-state index is -0.527. The van der Waals surface area contributed by atoms with Crippen molar-refractivity contribution in [3.63, 3.8) is 0 Å². The van der Waals surface area contributed by atoms with Crippen LogP contribution in [-0.2, 0) is 7.05 Å². The predicted octanol–water partition coefficient (Wildman–Crippen LogP) is 3.41. The van der Waals surface area contributed by atoms with Crippen molar-refractivity contribution in [3.05, 3.63) is 81.9 Å². The average molecular weight is 363 g/mol. The molecule has 0 bridgehead atoms. The molecule has 2 aromatic carbocycles. The van der Waals surface area contributed by atoms with Gasteiger partial charge in [-0.1, -0.05) is 18.2 Å². The minimum absolute atomic E-state index is 0.136. The molecule has 1 heterocycles. The molecule has 3 rings (SSSR count). The summed E-state index contributed by atoms with van der Waals surface area (Å²) in [7, 11) is 3.45. The van der Waals surface area contributed by atoms with Crippen molar-refractivity contribution in [2.24, 2.45) is 7.05 Å². The highest BCUT2D eigenvalue weighted by molar-refractivity contribution is 5.63. The van der Waals surface area contributed by atoms with E-state index in [0.717, 1.165) is 5.56 Å². The second kappa shape index (κ2) is 7.58. The summed E-state index contributed by atoms with van der Waals surface area (Å²) >= 11 is 0. The van der Waals surface area contributed by atoms with Gasteiger partial charge in [-0.25, -0.2) is 4.98 Å². The number of ether oxygens (including phenoxy) is 1. The lowest BCUT2D eigenvalue weighted by Gasteiger charge is -2.22. The van der Waals surface area contributed by atoms with Gasteiger partial charge in [-0.05, 0) is 12.1 Å². The van der Waals surface area contributed by atoms with Crippen molar-refractivity contribution in [2.45, 2.75) is 6.04 Å². The minimum Gasteiger partial charge on any atom is -0.496 e. The van der Waals surface area contributed by atoms with Crippen LogP contribution in [0.15, 0.2) is 54.9 Å². The van der Waals surface area contributed by atoms with Crippen molar-refractivity contribution in [2.75, 3.05) is 12.4 Å². The molecule has 0 amide bonds. The van der Waals surface area contributed by atoms with Crippen molar-refractivity contribution in [3.8, 4) is 11.8 Å². The van der Waals surface area contributed by atoms with E-state index >= 15 is 0 Å². The van der Waals surface area contributed by atoms with Gasteiger partial charge in [0.1, 0.15) is 23.7 Å². The Morgan fingerprint density at radius 1 is 1.33 bits per heavy atom. The Hall–Kier alpha value is -3.86. The van der Waals surface area contributed by atoms with E-state index < -0.39 is 11.0 Å². The Labute approximate surface area is 155 Å². The normalized spacial score (nSPS) is 11.4. The molecular formula is C19H17N5O3. The van der Waals surface area contributed by atoms with E-state index in [9.17, 15) is 15.4 Å². The van der Waals surface area contributed by atoms with Gasteiger partial charge >= 0.3 is 0 Å². The lowest BCUT2D eigenvalue weighted by atomic mass is 10.0. The zero-order valence-electron chi connectivity index (χ0n) is 14.8. The molecule has 136 valence electrons. The van der Waals surface area contributed by atoms with E-state index in [1.807, 2.05) is 48.1 Å². The lowest BCUT2D eigenvalue weighted by molar-refractivity contribution is -0.384. The van der Waals surface area contributed by atoms with Gasteiger partial charge in [0, 0.05) is 37.1 Å². The molecule has 0 aliphatic heterocycles. The highest BCUT2D eigenvalue weighted by atomic mass is 16.6. The van der Waals surface area contributed by atoms with Gasteiger partial charge in [-0.15, -0.1) is 0 Å². The number of aromatic nitrogens is 2. The van der Waals surface area contributed by atoms with Gasteiger partial charge in [-0.3, -0.25) is 10.1 Å². The average Bonchev–Trinajstić information content (AvgIpc) is 3.11. The second-order valence-corrected chi connectivity index (χ2v) is 5.81. The molecule has 0 fully saturated rings. The number of anilines is 1. The van der Waals surface area contributed by atoms with Crippen LogP contribution in [0.1, 0.15) is 23.0 Å². The number of para-hydroxylation sites is 1. The fourth-order valence-corrected chi connectivity index (χ4v) is 2.86. The molecule has 0 aliphatic rings. The number of hydrogen-bond donors (Lipinski definition) is 1. The first-order chi connectivity index (χ1) is 13.0. The number of nitrogens with zero attached hydrogens (tertiary/aromatic N) is 4. The number of nitro benzene ring substituents is 1. The number of rotatable bonds is 6. The van der Waals surface area contributed by atoms with Crippen LogP contribution in [0.2, 0.25) is 0 Å². The van der Waals surface area contributed by atoms with Gasteiger partial charge in [-0.2, -0.15) is 5.26 Å². The van der Waals surface area contributed by atoms with Crippen LogP contribution in [0.3, 0.4) is 0 Å². The van der Waals surface area contributed by atoms with E-state index in [-0.39, 0.29) is 11.3 Å². The highest BCUT2D eigenvalue weighted by Crippen LogP contribution is 2.33. The number of imidazole rings is 1. The molecule has 0 radical (unpaired) electrons. The number of aryl methyl sites for hydroxylation is 1. The van der Waals surface area contributed by atoms with E-state index in [0.29, 0.717) is 17.3 Å². The Bertz CT molecular complexity index is 1020. The monoisotopic (exact) mass is 363 g/mol. The zero-order chi connectivity index (χ0) is 19.4. The van der Waals surface area contributed by atoms with Crippen LogP contribution in [0.4, 0.5) is 11.4 Å². The first kappa shape index (κ1) is 17.9. The number of methoxy groups -OCH3 is 1. The van der Waals surface area contributed by atoms with Crippen molar-refractivity contribution in [1.29, 1.82) is 5.26 Å². The summed E-state index contributed by atoms with van der Waals surface area (Å²) < 4.78 is 7.34. The molecular weight excluding hydrogens is 346 g/mol. The molecule has 8 heteroatoms. The molecule has 0 saturated heterocycles. The molecule has 0 aliphatic carbocycles. The summed E-state index contributed by atoms with van der Waals surface area (Å²) in [5.41, 5.74) is 1.35. The maximum atomic E-state index is 11.0. The molecule has 0 spiro atoms. The third-order valence-electron chi connectivity index (χ3n) is 4.20. The Balaban J connectivity index is 2.10. The molecule has 1 unspecified atom stereocenters. The summed E-state index contributed by atoms with van der Waals surface area (Å²) in [5, 5.41) is 23.7. The number of non-ortho nitro benzene ring substituents is 1. The molecule has 3 aromatic rings. The quantitative estimate of drug-likeness (QED) is 0.531. The van der Waals surface area contributed by atoms with Crippen LogP contribution in [0.25, 0.3) is 0 Å². The summed E-state index contributed by atoms with van der Waals surface area (Å²) in [5.74, 6) is 1.38. The Morgan fingerprint density at radius 3 is 2.74 bits per heavy atom. The van der Waals surface area contributed by atoms with Gasteiger partial charge < -0.3 is 14.6 Å². The number of hydrogen-bond acceptors (Lipinski definition) is 6. The lowest BCUT2D eigenvalue weighted by Crippen LogP contribution is -2.18. The van der Waals surface area contributed by atoms with Gasteiger partial charge in [0.15, 0.2) is 0 Å². The molecule has 1 N–H and O–H groups in total. The first-order valence-electron chi connectivity index (χ1n) is 8.10. The number of nitro groups is 1. The van der Waals surface area contributed by atoms with Crippen LogP contribution in [0, 0.1) is 21.4 Å². The fourth-order valence-electron chi connectivity index (χ4n) is 2.86. The number of nitrogens with one attached hydrogen (secondary N) is 1. The number of nitriles is 1. The Kier molecular flexibility index (Phi) is 5.04. The van der Waals surface area contributed by atoms with E-state index in [1.54, 1.807) is 13.3 Å². The van der Waals surface area contributed by atoms with Crippen LogP contribution < -0.4 is 10.1 Å². The van der Waals surface area contributed by atoms with Crippen molar-refractivity contribution < 1.29 is 9.66 Å². The van der Waals surface area contributed by atoms with Crippen LogP contribution in [0.5, 0.6) is 5.75 Å². The molecule has 27 heavy (non-hydrogen) atoms. The summed E-state index contributed by atoms with van der Waals surface area (Å²) in [6.07, 6.45) is 3.50. The first-order valence-corrected chi connectivity index (χ1v) is 8.10. The molecule has 0 saturated carbocycles. The third-order valence-corrected chi connectivity index (χ3v) is 4.20. The van der Waals surface area contributed by atoms with Gasteiger partial charge in [0.2, 0.25) is 0 Å². The molecule has 1 atom stereocenters. The van der Waals surface area contributed by atoms with Gasteiger partial charge in [0.25, 0.3) is 5.69 Å². The molecule has 8 nitrogen and oxygen atoms in total. The fraction of sp³-hybridized carbons (Fsp3) is 0.158. The third kappa shape index (κ3) is 3.57. The Morgan fingerprint density at radius 2 is 2.11 bits per heavy atom. The highest BCUT2D eigenvalue weighted by Gasteiger charge is 2.23. The zero-order valence-corrected chi connectivity index (χ0v) is 14.8. The van der Waals surface area contributed by atoms with Crippen molar-refractivity contribution in [1.82, 2.24) is 9.55 Å². The van der Waals surface area contributed by atoms with E-state index in [2.05, 4.69) is 10.3 Å². The summed E-state index contributed by atoms with van der Waals surface area (Å²) in [6, 6.07) is 13.2. The predicted molar refractivity (Wildman–Crippen MR) is 99.5 cm³/mol. The second-order valence-electron chi connectivity index (χ2n) is 5.81. The van der Waals surface area contributed by atoms with Crippen LogP contribution in [-0.4, -0.2) is 21.6 Å². The van der Waals surface area contributed by atoms with Gasteiger partial charge in [0.05, 0.1) is 23.3 Å². The maximum absolute atomic E-state index is 11.0. The topological polar surface area (TPSA) is 106 Å². The van der Waals surface area contributed by atoms with Crippen molar-refractivity contribution >= 4 is 11.4 Å². The smallest absolute Gasteiger partial charge is 0.270 e. The molecule has 1 aromatic heterocycles. The summed E-state index contributed by atoms with van der Waals surface area (Å²) in [4.78, 5) is 14.9. The standard InChI is InChI=1S/C19H17N5O3/c1-23-10-9-21-19(23)18(15-5-3-4-6-17(15)27-2)22-16-8-7-14(24(25)26)11-13(16)12-20/h3-11,18,22H,1-2H3. The SMILES string of the molecule is COc1ccccc1C(Nc1ccc([N+](=O)[O-])cc1C#N)c1nccn1C. The van der Waals surface area contributed by atoms with E-state index in [1.165, 1.54) is 18.2 Å². The van der Waals surface area contributed by atoms with Crippen LogP contribution >= 0.6 is 0 Å². The number of benzene rings is 2. The maximum Gasteiger partial charge on any atom is 0.270 e. The van der Waals surface area contributed by atoms with E-state index in [4.69, 9.17) is 4.74 Å². The largest absolute Gasteiger partial charge is 0.496 e. The summed E-state index contributed by atoms with van der Waals surface area (Å²) in [6.45, 7) is 0.